The van der Waals surface area contributed by atoms with Crippen LogP contribution in [0.3, 0.4) is 0 Å². The van der Waals surface area contributed by atoms with E-state index < -0.39 is 6.10 Å². The van der Waals surface area contributed by atoms with Crippen LogP contribution in [-0.2, 0) is 6.54 Å². The monoisotopic (exact) mass is 467 g/mol. The number of nitrogens with zero attached hydrogens (tertiary/aromatic N) is 3. The van der Waals surface area contributed by atoms with E-state index in [1.807, 2.05) is 19.1 Å². The van der Waals surface area contributed by atoms with Gasteiger partial charge in [-0.2, -0.15) is 0 Å². The van der Waals surface area contributed by atoms with Crippen molar-refractivity contribution in [2.75, 3.05) is 13.6 Å². The first kappa shape index (κ1) is 20.1. The molecular weight excluding hydrogens is 449 g/mol. The molecule has 0 amide bonds. The maximum absolute atomic E-state index is 10.1. The Morgan fingerprint density at radius 2 is 2.17 bits per heavy atom. The highest BCUT2D eigenvalue weighted by Gasteiger charge is 2.11. The molecule has 1 unspecified atom stereocenters. The standard InChI is InChI=1S/C14H18ClN5OS.HI/c1-9-17-6-5-10(20-9)7-18-14(16-2)19-8-11(21)12-3-4-13(15)22-12;/h3-6,11,21H,7-8H2,1-2H3,(H2,16,18,19);1H. The van der Waals surface area contributed by atoms with E-state index in [0.717, 1.165) is 16.4 Å². The maximum Gasteiger partial charge on any atom is 0.191 e. The molecule has 0 aliphatic rings. The number of aryl methyl sites for hydroxylation is 1. The number of aliphatic imine (C=N–C) groups is 1. The van der Waals surface area contributed by atoms with E-state index in [2.05, 4.69) is 25.6 Å². The van der Waals surface area contributed by atoms with Crippen molar-refractivity contribution in [1.29, 1.82) is 0 Å². The fourth-order valence-corrected chi connectivity index (χ4v) is 2.85. The van der Waals surface area contributed by atoms with Gasteiger partial charge >= 0.3 is 0 Å². The van der Waals surface area contributed by atoms with Crippen LogP contribution in [0.1, 0.15) is 22.5 Å². The van der Waals surface area contributed by atoms with Crippen LogP contribution < -0.4 is 10.6 Å². The molecular formula is C14H19ClIN5OS. The highest BCUT2D eigenvalue weighted by atomic mass is 127. The molecule has 6 nitrogen and oxygen atoms in total. The predicted molar refractivity (Wildman–Crippen MR) is 105 cm³/mol. The number of thiophene rings is 1. The van der Waals surface area contributed by atoms with Crippen molar-refractivity contribution < 1.29 is 5.11 Å². The number of nitrogens with one attached hydrogen (secondary N) is 2. The number of hydrogen-bond donors (Lipinski definition) is 3. The summed E-state index contributed by atoms with van der Waals surface area (Å²) in [6.07, 6.45) is 1.09. The van der Waals surface area contributed by atoms with Gasteiger partial charge in [0.1, 0.15) is 11.9 Å². The third kappa shape index (κ3) is 6.58. The molecule has 1 atom stereocenters. The van der Waals surface area contributed by atoms with E-state index in [1.165, 1.54) is 11.3 Å². The molecule has 23 heavy (non-hydrogen) atoms. The first-order valence-electron chi connectivity index (χ1n) is 6.75. The largest absolute Gasteiger partial charge is 0.386 e. The second kappa shape index (κ2) is 10.0. The summed E-state index contributed by atoms with van der Waals surface area (Å²) in [6, 6.07) is 5.43. The molecule has 2 aromatic rings. The Kier molecular flexibility index (Phi) is 8.74. The zero-order valence-electron chi connectivity index (χ0n) is 12.8. The minimum atomic E-state index is -0.627. The average molecular weight is 468 g/mol. The number of rotatable bonds is 5. The van der Waals surface area contributed by atoms with E-state index in [9.17, 15) is 5.11 Å². The van der Waals surface area contributed by atoms with Crippen molar-refractivity contribution >= 4 is 52.9 Å². The van der Waals surface area contributed by atoms with Gasteiger partial charge in [0.25, 0.3) is 0 Å². The number of halogens is 2. The molecule has 0 fully saturated rings. The number of guanidine groups is 1. The summed E-state index contributed by atoms with van der Waals surface area (Å²) in [4.78, 5) is 13.3. The van der Waals surface area contributed by atoms with E-state index in [-0.39, 0.29) is 24.0 Å². The van der Waals surface area contributed by atoms with Crippen molar-refractivity contribution in [1.82, 2.24) is 20.6 Å². The van der Waals surface area contributed by atoms with Crippen molar-refractivity contribution in [3.8, 4) is 0 Å². The minimum absolute atomic E-state index is 0. The van der Waals surface area contributed by atoms with Crippen LogP contribution in [0.15, 0.2) is 29.4 Å². The third-order valence-corrected chi connectivity index (χ3v) is 4.21. The minimum Gasteiger partial charge on any atom is -0.386 e. The van der Waals surface area contributed by atoms with Gasteiger partial charge in [-0.3, -0.25) is 4.99 Å². The molecule has 2 rings (SSSR count). The molecule has 0 bridgehead atoms. The number of aliphatic hydroxyl groups is 1. The van der Waals surface area contributed by atoms with Gasteiger partial charge in [0.2, 0.25) is 0 Å². The van der Waals surface area contributed by atoms with Gasteiger partial charge in [0.15, 0.2) is 5.96 Å². The Hall–Kier alpha value is -0.970. The number of hydrogen-bond acceptors (Lipinski definition) is 5. The van der Waals surface area contributed by atoms with Crippen LogP contribution in [0, 0.1) is 6.92 Å². The lowest BCUT2D eigenvalue weighted by molar-refractivity contribution is 0.184. The molecule has 9 heteroatoms. The summed E-state index contributed by atoms with van der Waals surface area (Å²) in [5, 5.41) is 16.3. The summed E-state index contributed by atoms with van der Waals surface area (Å²) < 4.78 is 0.663. The van der Waals surface area contributed by atoms with Crippen LogP contribution in [0.5, 0.6) is 0 Å². The molecule has 0 saturated heterocycles. The molecule has 2 aromatic heterocycles. The molecule has 0 spiro atoms. The third-order valence-electron chi connectivity index (χ3n) is 2.88. The SMILES string of the molecule is CN=C(NCc1ccnc(C)n1)NCC(O)c1ccc(Cl)s1.I. The number of aliphatic hydroxyl groups excluding tert-OH is 1. The van der Waals surface area contributed by atoms with Gasteiger partial charge in [-0.05, 0) is 25.1 Å². The molecule has 3 N–H and O–H groups in total. The lowest BCUT2D eigenvalue weighted by atomic mass is 10.3. The van der Waals surface area contributed by atoms with Crippen LogP contribution in [0.2, 0.25) is 4.34 Å². The predicted octanol–water partition coefficient (Wildman–Crippen LogP) is 2.52. The molecule has 0 aliphatic carbocycles. The van der Waals surface area contributed by atoms with Gasteiger partial charge in [-0.15, -0.1) is 35.3 Å². The molecule has 0 aromatic carbocycles. The lowest BCUT2D eigenvalue weighted by Crippen LogP contribution is -2.39. The first-order valence-corrected chi connectivity index (χ1v) is 7.94. The smallest absolute Gasteiger partial charge is 0.191 e. The normalized spacial score (nSPS) is 12.4. The van der Waals surface area contributed by atoms with Crippen molar-refractivity contribution in [2.24, 2.45) is 4.99 Å². The molecule has 0 saturated carbocycles. The fourth-order valence-electron chi connectivity index (χ4n) is 1.80. The summed E-state index contributed by atoms with van der Waals surface area (Å²) in [7, 11) is 1.68. The van der Waals surface area contributed by atoms with Crippen LogP contribution >= 0.6 is 46.9 Å². The Bertz CT molecular complexity index is 652. The summed E-state index contributed by atoms with van der Waals surface area (Å²) in [6.45, 7) is 2.72. The van der Waals surface area contributed by atoms with E-state index in [1.54, 1.807) is 19.3 Å². The second-order valence-corrected chi connectivity index (χ2v) is 6.31. The molecule has 2 heterocycles. The van der Waals surface area contributed by atoms with E-state index in [4.69, 9.17) is 11.6 Å². The summed E-state index contributed by atoms with van der Waals surface area (Å²) in [5.41, 5.74) is 0.876. The Balaban J connectivity index is 0.00000264. The zero-order valence-corrected chi connectivity index (χ0v) is 16.7. The molecule has 0 radical (unpaired) electrons. The zero-order chi connectivity index (χ0) is 15.9. The van der Waals surface area contributed by atoms with Gasteiger partial charge in [-0.25, -0.2) is 9.97 Å². The Labute approximate surface area is 161 Å². The molecule has 0 aliphatic heterocycles. The van der Waals surface area contributed by atoms with Crippen LogP contribution in [-0.4, -0.2) is 34.6 Å². The molecule has 126 valence electrons. The number of aromatic nitrogens is 2. The maximum atomic E-state index is 10.1. The highest BCUT2D eigenvalue weighted by Crippen LogP contribution is 2.26. The quantitative estimate of drug-likeness (QED) is 0.358. The van der Waals surface area contributed by atoms with E-state index in [0.29, 0.717) is 23.4 Å². The summed E-state index contributed by atoms with van der Waals surface area (Å²) >= 11 is 7.23. The summed E-state index contributed by atoms with van der Waals surface area (Å²) in [5.74, 6) is 1.32. The topological polar surface area (TPSA) is 82.4 Å². The van der Waals surface area contributed by atoms with Gasteiger partial charge in [0.05, 0.1) is 16.6 Å². The fraction of sp³-hybridized carbons (Fsp3) is 0.357. The first-order chi connectivity index (χ1) is 10.6. The second-order valence-electron chi connectivity index (χ2n) is 4.56. The van der Waals surface area contributed by atoms with Crippen LogP contribution in [0.4, 0.5) is 0 Å². The van der Waals surface area contributed by atoms with Gasteiger partial charge in [0, 0.05) is 24.7 Å². The Morgan fingerprint density at radius 3 is 2.78 bits per heavy atom. The van der Waals surface area contributed by atoms with Crippen LogP contribution in [0.25, 0.3) is 0 Å². The van der Waals surface area contributed by atoms with Gasteiger partial charge < -0.3 is 15.7 Å². The average Bonchev–Trinajstić information content (AvgIpc) is 2.94. The van der Waals surface area contributed by atoms with Crippen molar-refractivity contribution in [3.63, 3.8) is 0 Å². The van der Waals surface area contributed by atoms with Crippen molar-refractivity contribution in [3.05, 3.63) is 45.1 Å². The highest BCUT2D eigenvalue weighted by molar-refractivity contribution is 14.0. The Morgan fingerprint density at radius 1 is 1.39 bits per heavy atom. The van der Waals surface area contributed by atoms with Crippen molar-refractivity contribution in [2.45, 2.75) is 19.6 Å². The van der Waals surface area contributed by atoms with E-state index >= 15 is 0 Å². The van der Waals surface area contributed by atoms with Gasteiger partial charge in [-0.1, -0.05) is 11.6 Å². The lowest BCUT2D eigenvalue weighted by Gasteiger charge is -2.14.